The molecule has 0 saturated carbocycles. The standard InChI is InChI=1S/C16H19N3O/c1-11(20)13-10-17-19-15(13)18-14(9-16(19,2)3)12-7-5-4-6-8-12/h4-8,10,14,18H,9H2,1-3H3. The van der Waals surface area contributed by atoms with Gasteiger partial charge in [0.05, 0.1) is 23.3 Å². The highest BCUT2D eigenvalue weighted by molar-refractivity contribution is 5.98. The first-order chi connectivity index (χ1) is 9.49. The molecule has 1 aromatic carbocycles. The summed E-state index contributed by atoms with van der Waals surface area (Å²) in [7, 11) is 0. The van der Waals surface area contributed by atoms with Gasteiger partial charge in [-0.3, -0.25) is 4.79 Å². The zero-order valence-electron chi connectivity index (χ0n) is 12.1. The van der Waals surface area contributed by atoms with Crippen LogP contribution in [-0.2, 0) is 5.54 Å². The Morgan fingerprint density at radius 3 is 2.70 bits per heavy atom. The van der Waals surface area contributed by atoms with Gasteiger partial charge in [-0.15, -0.1) is 0 Å². The van der Waals surface area contributed by atoms with Crippen molar-refractivity contribution in [3.05, 3.63) is 47.7 Å². The van der Waals surface area contributed by atoms with Gasteiger partial charge in [-0.25, -0.2) is 4.68 Å². The molecule has 104 valence electrons. The van der Waals surface area contributed by atoms with Gasteiger partial charge in [0, 0.05) is 0 Å². The number of aromatic nitrogens is 2. The number of ketones is 1. The lowest BCUT2D eigenvalue weighted by Crippen LogP contribution is -2.38. The summed E-state index contributed by atoms with van der Waals surface area (Å²) in [6.07, 6.45) is 2.60. The van der Waals surface area contributed by atoms with Crippen LogP contribution in [0.5, 0.6) is 0 Å². The second-order valence-electron chi connectivity index (χ2n) is 6.00. The van der Waals surface area contributed by atoms with Crippen LogP contribution in [0.15, 0.2) is 36.5 Å². The van der Waals surface area contributed by atoms with E-state index in [0.717, 1.165) is 12.2 Å². The largest absolute Gasteiger partial charge is 0.363 e. The minimum Gasteiger partial charge on any atom is -0.363 e. The van der Waals surface area contributed by atoms with Gasteiger partial charge in [-0.2, -0.15) is 5.10 Å². The monoisotopic (exact) mass is 269 g/mol. The van der Waals surface area contributed by atoms with E-state index in [2.05, 4.69) is 36.4 Å². The molecule has 1 atom stereocenters. The minimum absolute atomic E-state index is 0.0447. The summed E-state index contributed by atoms with van der Waals surface area (Å²) in [4.78, 5) is 11.7. The Hall–Kier alpha value is -2.10. The molecule has 4 heteroatoms. The third-order valence-electron chi connectivity index (χ3n) is 3.94. The van der Waals surface area contributed by atoms with Gasteiger partial charge in [-0.05, 0) is 32.8 Å². The van der Waals surface area contributed by atoms with Crippen LogP contribution in [0.4, 0.5) is 5.82 Å². The van der Waals surface area contributed by atoms with Crippen LogP contribution >= 0.6 is 0 Å². The Kier molecular flexibility index (Phi) is 2.89. The van der Waals surface area contributed by atoms with E-state index in [0.29, 0.717) is 5.56 Å². The van der Waals surface area contributed by atoms with Crippen molar-refractivity contribution in [2.75, 3.05) is 5.32 Å². The summed E-state index contributed by atoms with van der Waals surface area (Å²) >= 11 is 0. The van der Waals surface area contributed by atoms with Crippen molar-refractivity contribution in [2.24, 2.45) is 0 Å². The number of benzene rings is 1. The lowest BCUT2D eigenvalue weighted by Gasteiger charge is -2.38. The third-order valence-corrected chi connectivity index (χ3v) is 3.94. The van der Waals surface area contributed by atoms with Crippen LogP contribution in [0.25, 0.3) is 0 Å². The van der Waals surface area contributed by atoms with E-state index in [-0.39, 0.29) is 17.4 Å². The summed E-state index contributed by atoms with van der Waals surface area (Å²) in [6.45, 7) is 5.90. The van der Waals surface area contributed by atoms with Gasteiger partial charge in [0.25, 0.3) is 0 Å². The Balaban J connectivity index is 2.05. The lowest BCUT2D eigenvalue weighted by atomic mass is 9.89. The number of anilines is 1. The second kappa shape index (κ2) is 4.47. The Labute approximate surface area is 118 Å². The third kappa shape index (κ3) is 2.01. The quantitative estimate of drug-likeness (QED) is 0.850. The molecule has 0 bridgehead atoms. The van der Waals surface area contributed by atoms with Crippen molar-refractivity contribution in [3.63, 3.8) is 0 Å². The van der Waals surface area contributed by atoms with Gasteiger partial charge in [0.1, 0.15) is 5.82 Å². The number of nitrogens with zero attached hydrogens (tertiary/aromatic N) is 2. The highest BCUT2D eigenvalue weighted by Gasteiger charge is 2.35. The van der Waals surface area contributed by atoms with Gasteiger partial charge in [-0.1, -0.05) is 30.3 Å². The molecule has 1 aromatic heterocycles. The van der Waals surface area contributed by atoms with E-state index in [1.807, 2.05) is 22.9 Å². The number of hydrogen-bond donors (Lipinski definition) is 1. The molecule has 0 radical (unpaired) electrons. The van der Waals surface area contributed by atoms with Crippen LogP contribution < -0.4 is 5.32 Å². The predicted molar refractivity (Wildman–Crippen MR) is 79.0 cm³/mol. The molecule has 20 heavy (non-hydrogen) atoms. The molecule has 1 aliphatic rings. The normalized spacial score (nSPS) is 20.1. The fraction of sp³-hybridized carbons (Fsp3) is 0.375. The van der Waals surface area contributed by atoms with E-state index in [1.54, 1.807) is 13.1 Å². The fourth-order valence-electron chi connectivity index (χ4n) is 2.89. The van der Waals surface area contributed by atoms with Crippen LogP contribution in [0.3, 0.4) is 0 Å². The molecule has 0 fully saturated rings. The average Bonchev–Trinajstić information content (AvgIpc) is 2.84. The summed E-state index contributed by atoms with van der Waals surface area (Å²) in [5.74, 6) is 0.880. The predicted octanol–water partition coefficient (Wildman–Crippen LogP) is 3.38. The molecule has 4 nitrogen and oxygen atoms in total. The van der Waals surface area contributed by atoms with Crippen molar-refractivity contribution in [1.82, 2.24) is 9.78 Å². The van der Waals surface area contributed by atoms with Gasteiger partial charge in [0.2, 0.25) is 0 Å². The first-order valence-corrected chi connectivity index (χ1v) is 6.90. The van der Waals surface area contributed by atoms with Crippen LogP contribution in [0.2, 0.25) is 0 Å². The van der Waals surface area contributed by atoms with Crippen molar-refractivity contribution in [2.45, 2.75) is 38.8 Å². The Morgan fingerprint density at radius 1 is 1.35 bits per heavy atom. The Morgan fingerprint density at radius 2 is 2.05 bits per heavy atom. The second-order valence-corrected chi connectivity index (χ2v) is 6.00. The molecule has 2 aromatic rings. The van der Waals surface area contributed by atoms with E-state index >= 15 is 0 Å². The number of fused-ring (bicyclic) bond motifs is 1. The van der Waals surface area contributed by atoms with E-state index in [1.165, 1.54) is 5.56 Å². The minimum atomic E-state index is -0.116. The smallest absolute Gasteiger partial charge is 0.165 e. The topological polar surface area (TPSA) is 46.9 Å². The number of carbonyl (C=O) groups is 1. The van der Waals surface area contributed by atoms with Crippen LogP contribution in [-0.4, -0.2) is 15.6 Å². The molecule has 2 heterocycles. The number of rotatable bonds is 2. The van der Waals surface area contributed by atoms with Crippen LogP contribution in [0, 0.1) is 0 Å². The first kappa shape index (κ1) is 12.9. The fourth-order valence-corrected chi connectivity index (χ4v) is 2.89. The number of hydrogen-bond acceptors (Lipinski definition) is 3. The van der Waals surface area contributed by atoms with Crippen molar-refractivity contribution >= 4 is 11.6 Å². The van der Waals surface area contributed by atoms with Crippen molar-refractivity contribution < 1.29 is 4.79 Å². The van der Waals surface area contributed by atoms with Crippen molar-refractivity contribution in [3.8, 4) is 0 Å². The summed E-state index contributed by atoms with van der Waals surface area (Å²) in [6, 6.07) is 10.5. The van der Waals surface area contributed by atoms with Gasteiger partial charge in [0.15, 0.2) is 5.78 Å². The maximum atomic E-state index is 11.7. The molecule has 0 spiro atoms. The molecular formula is C16H19N3O. The van der Waals surface area contributed by atoms with Gasteiger partial charge < -0.3 is 5.32 Å². The summed E-state index contributed by atoms with van der Waals surface area (Å²) < 4.78 is 1.93. The molecule has 0 aliphatic carbocycles. The number of nitrogens with one attached hydrogen (secondary N) is 1. The van der Waals surface area contributed by atoms with Gasteiger partial charge >= 0.3 is 0 Å². The van der Waals surface area contributed by atoms with Crippen LogP contribution in [0.1, 0.15) is 49.2 Å². The first-order valence-electron chi connectivity index (χ1n) is 6.90. The van der Waals surface area contributed by atoms with Crippen molar-refractivity contribution in [1.29, 1.82) is 0 Å². The molecule has 0 amide bonds. The van der Waals surface area contributed by atoms with E-state index < -0.39 is 0 Å². The zero-order valence-corrected chi connectivity index (χ0v) is 12.1. The SMILES string of the molecule is CC(=O)c1cnn2c1NC(c1ccccc1)CC2(C)C. The highest BCUT2D eigenvalue weighted by atomic mass is 16.1. The molecule has 1 aliphatic heterocycles. The number of carbonyl (C=O) groups excluding carboxylic acids is 1. The lowest BCUT2D eigenvalue weighted by molar-refractivity contribution is 0.101. The molecule has 3 rings (SSSR count). The molecule has 1 unspecified atom stereocenters. The average molecular weight is 269 g/mol. The summed E-state index contributed by atoms with van der Waals surface area (Å²) in [5.41, 5.74) is 1.79. The number of Topliss-reactive ketones (excluding diaryl/α,β-unsaturated/α-hetero) is 1. The summed E-state index contributed by atoms with van der Waals surface area (Å²) in [5, 5.41) is 7.87. The molecule has 1 N–H and O–H groups in total. The van der Waals surface area contributed by atoms with E-state index in [9.17, 15) is 4.79 Å². The highest BCUT2D eigenvalue weighted by Crippen LogP contribution is 2.39. The van der Waals surface area contributed by atoms with E-state index in [4.69, 9.17) is 0 Å². The molecular weight excluding hydrogens is 250 g/mol. The Bertz CT molecular complexity index is 643. The maximum absolute atomic E-state index is 11.7. The zero-order chi connectivity index (χ0) is 14.3. The maximum Gasteiger partial charge on any atom is 0.165 e. The molecule has 0 saturated heterocycles.